The maximum Gasteiger partial charge on any atom is 0.274 e. The molecule has 1 amide bonds. The average molecular weight is 390 g/mol. The molecule has 2 aromatic heterocycles. The second-order valence-electron chi connectivity index (χ2n) is 7.45. The molecule has 2 heterocycles. The quantitative estimate of drug-likeness (QED) is 0.610. The molecule has 150 valence electrons. The van der Waals surface area contributed by atoms with Gasteiger partial charge < -0.3 is 14.2 Å². The van der Waals surface area contributed by atoms with E-state index >= 15 is 0 Å². The molecular formula is C23H26N4O2. The van der Waals surface area contributed by atoms with Crippen LogP contribution in [-0.2, 0) is 13.6 Å². The van der Waals surface area contributed by atoms with Gasteiger partial charge in [-0.05, 0) is 68.1 Å². The Morgan fingerprint density at radius 2 is 2.00 bits per heavy atom. The molecule has 6 nitrogen and oxygen atoms in total. The summed E-state index contributed by atoms with van der Waals surface area (Å²) in [6, 6.07) is 12.3. The zero-order valence-electron chi connectivity index (χ0n) is 16.9. The van der Waals surface area contributed by atoms with Crippen LogP contribution < -0.4 is 4.74 Å². The minimum atomic E-state index is -0.00488. The Morgan fingerprint density at radius 3 is 2.62 bits per heavy atom. The summed E-state index contributed by atoms with van der Waals surface area (Å²) in [6.07, 6.45) is 8.54. The Bertz CT molecular complexity index is 977. The first-order chi connectivity index (χ1) is 14.1. The van der Waals surface area contributed by atoms with Crippen LogP contribution in [-0.4, -0.2) is 38.0 Å². The SMILES string of the molecule is CCOc1ccc(-c2cc(CN(C(=O)c3cn(C)cn3)C3CCC3)ccn2)cc1. The lowest BCUT2D eigenvalue weighted by molar-refractivity contribution is 0.0551. The van der Waals surface area contributed by atoms with Gasteiger partial charge in [0.15, 0.2) is 0 Å². The maximum atomic E-state index is 13.1. The molecule has 6 heteroatoms. The number of carbonyl (C=O) groups excluding carboxylic acids is 1. The molecule has 3 aromatic rings. The van der Waals surface area contributed by atoms with E-state index in [2.05, 4.69) is 16.0 Å². The molecule has 0 bridgehead atoms. The number of ether oxygens (including phenoxy) is 1. The number of imidazole rings is 1. The third-order valence-corrected chi connectivity index (χ3v) is 5.34. The van der Waals surface area contributed by atoms with Gasteiger partial charge in [0.05, 0.1) is 18.6 Å². The Labute approximate surface area is 171 Å². The topological polar surface area (TPSA) is 60.2 Å². The Morgan fingerprint density at radius 1 is 1.21 bits per heavy atom. The van der Waals surface area contributed by atoms with Gasteiger partial charge in [-0.25, -0.2) is 4.98 Å². The van der Waals surface area contributed by atoms with E-state index in [0.717, 1.165) is 35.4 Å². The second kappa shape index (κ2) is 8.47. The molecule has 29 heavy (non-hydrogen) atoms. The van der Waals surface area contributed by atoms with Gasteiger partial charge in [-0.15, -0.1) is 0 Å². The fraction of sp³-hybridized carbons (Fsp3) is 0.348. The fourth-order valence-corrected chi connectivity index (χ4v) is 3.55. The summed E-state index contributed by atoms with van der Waals surface area (Å²) in [4.78, 5) is 23.8. The van der Waals surface area contributed by atoms with Gasteiger partial charge in [0, 0.05) is 37.6 Å². The summed E-state index contributed by atoms with van der Waals surface area (Å²) < 4.78 is 7.32. The second-order valence-corrected chi connectivity index (χ2v) is 7.45. The monoisotopic (exact) mass is 390 g/mol. The molecule has 1 saturated carbocycles. The van der Waals surface area contributed by atoms with Crippen LogP contribution in [0.4, 0.5) is 0 Å². The van der Waals surface area contributed by atoms with Crippen molar-refractivity contribution < 1.29 is 9.53 Å². The minimum absolute atomic E-state index is 0.00488. The first kappa shape index (κ1) is 19.2. The number of aryl methyl sites for hydroxylation is 1. The van der Waals surface area contributed by atoms with Crippen molar-refractivity contribution in [3.63, 3.8) is 0 Å². The Hall–Kier alpha value is -3.15. The molecule has 0 saturated heterocycles. The van der Waals surface area contributed by atoms with Gasteiger partial charge >= 0.3 is 0 Å². The van der Waals surface area contributed by atoms with E-state index in [-0.39, 0.29) is 11.9 Å². The maximum absolute atomic E-state index is 13.1. The minimum Gasteiger partial charge on any atom is -0.494 e. The lowest BCUT2D eigenvalue weighted by atomic mass is 9.90. The van der Waals surface area contributed by atoms with E-state index in [1.54, 1.807) is 12.5 Å². The highest BCUT2D eigenvalue weighted by atomic mass is 16.5. The first-order valence-corrected chi connectivity index (χ1v) is 10.1. The predicted octanol–water partition coefficient (Wildman–Crippen LogP) is 4.08. The first-order valence-electron chi connectivity index (χ1n) is 10.1. The molecule has 1 aromatic carbocycles. The van der Waals surface area contributed by atoms with Crippen molar-refractivity contribution in [2.24, 2.45) is 7.05 Å². The lowest BCUT2D eigenvalue weighted by Crippen LogP contribution is -2.43. The number of hydrogen-bond donors (Lipinski definition) is 0. The highest BCUT2D eigenvalue weighted by molar-refractivity contribution is 5.92. The van der Waals surface area contributed by atoms with Crippen LogP contribution in [0.5, 0.6) is 5.75 Å². The fourth-order valence-electron chi connectivity index (χ4n) is 3.55. The van der Waals surface area contributed by atoms with Crippen LogP contribution in [0.15, 0.2) is 55.1 Å². The van der Waals surface area contributed by atoms with Crippen molar-refractivity contribution in [2.75, 3.05) is 6.61 Å². The van der Waals surface area contributed by atoms with Gasteiger partial charge in [0.25, 0.3) is 5.91 Å². The Balaban J connectivity index is 1.55. The van der Waals surface area contributed by atoms with Crippen molar-refractivity contribution >= 4 is 5.91 Å². The summed E-state index contributed by atoms with van der Waals surface area (Å²) in [5, 5.41) is 0. The molecule has 0 N–H and O–H groups in total. The summed E-state index contributed by atoms with van der Waals surface area (Å²) in [7, 11) is 1.88. The van der Waals surface area contributed by atoms with Gasteiger partial charge in [-0.1, -0.05) is 0 Å². The van der Waals surface area contributed by atoms with Gasteiger partial charge in [0.1, 0.15) is 11.4 Å². The number of benzene rings is 1. The largest absolute Gasteiger partial charge is 0.494 e. The van der Waals surface area contributed by atoms with Gasteiger partial charge in [-0.2, -0.15) is 0 Å². The molecule has 1 aliphatic carbocycles. The van der Waals surface area contributed by atoms with Crippen LogP contribution in [0, 0.1) is 0 Å². The van der Waals surface area contributed by atoms with E-state index in [1.807, 2.05) is 60.0 Å². The number of pyridine rings is 1. The Kier molecular flexibility index (Phi) is 5.60. The summed E-state index contributed by atoms with van der Waals surface area (Å²) in [5.41, 5.74) is 3.49. The molecule has 0 atom stereocenters. The molecule has 1 fully saturated rings. The zero-order valence-corrected chi connectivity index (χ0v) is 16.9. The van der Waals surface area contributed by atoms with Crippen molar-refractivity contribution in [2.45, 2.75) is 38.8 Å². The van der Waals surface area contributed by atoms with Crippen LogP contribution in [0.3, 0.4) is 0 Å². The third kappa shape index (κ3) is 4.31. The standard InChI is InChI=1S/C23H26N4O2/c1-3-29-20-9-7-18(8-10-20)21-13-17(11-12-24-21)14-27(19-5-4-6-19)23(28)22-15-26(2)16-25-22/h7-13,15-16,19H,3-6,14H2,1-2H3. The number of rotatable bonds is 7. The van der Waals surface area contributed by atoms with Crippen molar-refractivity contribution in [1.29, 1.82) is 0 Å². The van der Waals surface area contributed by atoms with Gasteiger partial charge in [-0.3, -0.25) is 9.78 Å². The zero-order chi connectivity index (χ0) is 20.2. The molecule has 4 rings (SSSR count). The summed E-state index contributed by atoms with van der Waals surface area (Å²) >= 11 is 0. The number of hydrogen-bond acceptors (Lipinski definition) is 4. The van der Waals surface area contributed by atoms with Crippen LogP contribution in [0.25, 0.3) is 11.3 Å². The van der Waals surface area contributed by atoms with Crippen LogP contribution in [0.2, 0.25) is 0 Å². The third-order valence-electron chi connectivity index (χ3n) is 5.34. The van der Waals surface area contributed by atoms with E-state index in [0.29, 0.717) is 18.8 Å². The summed E-state index contributed by atoms with van der Waals surface area (Å²) in [5.74, 6) is 0.847. The molecular weight excluding hydrogens is 364 g/mol. The average Bonchev–Trinajstić information content (AvgIpc) is 3.13. The number of nitrogens with zero attached hydrogens (tertiary/aromatic N) is 4. The van der Waals surface area contributed by atoms with Crippen molar-refractivity contribution in [3.05, 3.63) is 66.4 Å². The number of aromatic nitrogens is 3. The van der Waals surface area contributed by atoms with Gasteiger partial charge in [0.2, 0.25) is 0 Å². The highest BCUT2D eigenvalue weighted by Gasteiger charge is 2.30. The highest BCUT2D eigenvalue weighted by Crippen LogP contribution is 2.28. The predicted molar refractivity (Wildman–Crippen MR) is 112 cm³/mol. The molecule has 1 aliphatic rings. The molecule has 0 aliphatic heterocycles. The number of amides is 1. The van der Waals surface area contributed by atoms with Crippen LogP contribution in [0.1, 0.15) is 42.2 Å². The van der Waals surface area contributed by atoms with E-state index in [9.17, 15) is 4.79 Å². The van der Waals surface area contributed by atoms with Crippen molar-refractivity contribution in [3.8, 4) is 17.0 Å². The molecule has 0 unspecified atom stereocenters. The van der Waals surface area contributed by atoms with E-state index in [4.69, 9.17) is 4.74 Å². The number of carbonyl (C=O) groups is 1. The lowest BCUT2D eigenvalue weighted by Gasteiger charge is -2.37. The van der Waals surface area contributed by atoms with E-state index < -0.39 is 0 Å². The smallest absolute Gasteiger partial charge is 0.274 e. The van der Waals surface area contributed by atoms with Crippen LogP contribution >= 0.6 is 0 Å². The molecule has 0 radical (unpaired) electrons. The normalized spacial score (nSPS) is 13.7. The molecule has 0 spiro atoms. The van der Waals surface area contributed by atoms with Crippen molar-refractivity contribution in [1.82, 2.24) is 19.4 Å². The van der Waals surface area contributed by atoms with E-state index in [1.165, 1.54) is 6.42 Å². The summed E-state index contributed by atoms with van der Waals surface area (Å²) in [6.45, 7) is 3.18.